The first-order valence-corrected chi connectivity index (χ1v) is 10.0. The van der Waals surface area contributed by atoms with Gasteiger partial charge in [0.05, 0.1) is 13.3 Å². The van der Waals surface area contributed by atoms with Gasteiger partial charge in [-0.25, -0.2) is 0 Å². The lowest BCUT2D eigenvalue weighted by molar-refractivity contribution is 0.284. The number of methoxy groups -OCH3 is 1. The number of hydrogen-bond donors (Lipinski definition) is 2. The van der Waals surface area contributed by atoms with E-state index in [1.165, 1.54) is 0 Å². The number of para-hydroxylation sites is 1. The van der Waals surface area contributed by atoms with Crippen LogP contribution in [0.2, 0.25) is 0 Å². The fraction of sp³-hybridized carbons (Fsp3) is 0.0909. The van der Waals surface area contributed by atoms with Crippen molar-refractivity contribution < 1.29 is 9.47 Å². The van der Waals surface area contributed by atoms with Gasteiger partial charge in [-0.2, -0.15) is 5.10 Å². The number of hydrogen-bond acceptors (Lipinski definition) is 4. The van der Waals surface area contributed by atoms with Gasteiger partial charge in [0.2, 0.25) is 0 Å². The van der Waals surface area contributed by atoms with Crippen LogP contribution in [0.1, 0.15) is 11.1 Å². The molecule has 0 atom stereocenters. The van der Waals surface area contributed by atoms with Crippen LogP contribution in [0.3, 0.4) is 0 Å². The van der Waals surface area contributed by atoms with Gasteiger partial charge in [-0.3, -0.25) is 5.43 Å². The van der Waals surface area contributed by atoms with Gasteiger partial charge in [0.25, 0.3) is 0 Å². The molecule has 0 heterocycles. The maximum Gasteiger partial charge on any atom is 0.191 e. The Kier molecular flexibility index (Phi) is 7.61. The third-order valence-electron chi connectivity index (χ3n) is 3.91. The van der Waals surface area contributed by atoms with Crippen LogP contribution in [0, 0.1) is 0 Å². The highest BCUT2D eigenvalue weighted by Gasteiger charge is 2.06. The van der Waals surface area contributed by atoms with Crippen LogP contribution < -0.4 is 20.2 Å². The van der Waals surface area contributed by atoms with Crippen LogP contribution in [0.15, 0.2) is 82.4 Å². The molecular formula is C22H20BrN3O2S. The van der Waals surface area contributed by atoms with Gasteiger partial charge in [-0.1, -0.05) is 46.3 Å². The van der Waals surface area contributed by atoms with Crippen LogP contribution in [-0.4, -0.2) is 18.4 Å². The number of thiocarbonyl (C=S) groups is 1. The van der Waals surface area contributed by atoms with E-state index in [4.69, 9.17) is 21.7 Å². The van der Waals surface area contributed by atoms with E-state index in [2.05, 4.69) is 31.8 Å². The first kappa shape index (κ1) is 20.8. The molecule has 0 radical (unpaired) electrons. The molecule has 0 fully saturated rings. The zero-order valence-electron chi connectivity index (χ0n) is 15.8. The van der Waals surface area contributed by atoms with Gasteiger partial charge in [0.1, 0.15) is 6.61 Å². The molecule has 0 aliphatic heterocycles. The SMILES string of the molecule is COc1cc(/C=N\NC(=S)Nc2ccccc2)ccc1OCc1ccc(Br)cc1. The summed E-state index contributed by atoms with van der Waals surface area (Å²) in [5.74, 6) is 1.30. The van der Waals surface area contributed by atoms with Crippen molar-refractivity contribution in [2.45, 2.75) is 6.61 Å². The summed E-state index contributed by atoms with van der Waals surface area (Å²) in [5, 5.41) is 7.63. The second kappa shape index (κ2) is 10.6. The van der Waals surface area contributed by atoms with Crippen molar-refractivity contribution in [2.24, 2.45) is 5.10 Å². The van der Waals surface area contributed by atoms with Gasteiger partial charge >= 0.3 is 0 Å². The summed E-state index contributed by atoms with van der Waals surface area (Å²) >= 11 is 8.65. The van der Waals surface area contributed by atoms with Gasteiger partial charge in [-0.15, -0.1) is 0 Å². The predicted molar refractivity (Wildman–Crippen MR) is 125 cm³/mol. The summed E-state index contributed by atoms with van der Waals surface area (Å²) in [6.45, 7) is 0.456. The van der Waals surface area contributed by atoms with E-state index in [9.17, 15) is 0 Å². The molecule has 0 unspecified atom stereocenters. The number of rotatable bonds is 7. The molecule has 3 rings (SSSR count). The number of nitrogens with zero attached hydrogens (tertiary/aromatic N) is 1. The number of nitrogens with one attached hydrogen (secondary N) is 2. The molecule has 0 aliphatic carbocycles. The fourth-order valence-corrected chi connectivity index (χ4v) is 2.91. The summed E-state index contributed by atoms with van der Waals surface area (Å²) in [6, 6.07) is 23.3. The lowest BCUT2D eigenvalue weighted by atomic mass is 10.2. The zero-order chi connectivity index (χ0) is 20.5. The largest absolute Gasteiger partial charge is 0.493 e. The van der Waals surface area contributed by atoms with Gasteiger partial charge in [0.15, 0.2) is 16.6 Å². The average molecular weight is 470 g/mol. The van der Waals surface area contributed by atoms with E-state index >= 15 is 0 Å². The minimum Gasteiger partial charge on any atom is -0.493 e. The zero-order valence-corrected chi connectivity index (χ0v) is 18.2. The Hall–Kier alpha value is -2.90. The predicted octanol–water partition coefficient (Wildman–Crippen LogP) is 5.36. The van der Waals surface area contributed by atoms with Crippen molar-refractivity contribution in [3.05, 3.63) is 88.4 Å². The highest BCUT2D eigenvalue weighted by Crippen LogP contribution is 2.28. The molecule has 3 aromatic rings. The lowest BCUT2D eigenvalue weighted by Crippen LogP contribution is -2.23. The summed E-state index contributed by atoms with van der Waals surface area (Å²) in [4.78, 5) is 0. The Morgan fingerprint density at radius 2 is 1.79 bits per heavy atom. The molecule has 2 N–H and O–H groups in total. The number of hydrazone groups is 1. The Balaban J connectivity index is 1.56. The Morgan fingerprint density at radius 3 is 2.52 bits per heavy atom. The molecule has 5 nitrogen and oxygen atoms in total. The summed E-state index contributed by atoms with van der Waals surface area (Å²) in [7, 11) is 1.61. The van der Waals surface area contributed by atoms with Gasteiger partial charge < -0.3 is 14.8 Å². The highest BCUT2D eigenvalue weighted by atomic mass is 79.9. The van der Waals surface area contributed by atoms with Gasteiger partial charge in [-0.05, 0) is 65.8 Å². The third kappa shape index (κ3) is 6.58. The molecule has 148 valence electrons. The second-order valence-electron chi connectivity index (χ2n) is 6.02. The second-order valence-corrected chi connectivity index (χ2v) is 7.34. The van der Waals surface area contributed by atoms with Crippen molar-refractivity contribution in [3.8, 4) is 11.5 Å². The number of benzene rings is 3. The normalized spacial score (nSPS) is 10.6. The maximum atomic E-state index is 5.89. The van der Waals surface area contributed by atoms with E-state index in [0.717, 1.165) is 21.3 Å². The fourth-order valence-electron chi connectivity index (χ4n) is 2.47. The molecule has 0 saturated heterocycles. The van der Waals surface area contributed by atoms with Crippen molar-refractivity contribution in [1.82, 2.24) is 5.43 Å². The molecule has 0 amide bonds. The van der Waals surface area contributed by atoms with E-state index in [1.54, 1.807) is 13.3 Å². The Morgan fingerprint density at radius 1 is 1.03 bits per heavy atom. The van der Waals surface area contributed by atoms with E-state index in [-0.39, 0.29) is 0 Å². The van der Waals surface area contributed by atoms with Crippen LogP contribution >= 0.6 is 28.1 Å². The van der Waals surface area contributed by atoms with Gasteiger partial charge in [0, 0.05) is 10.2 Å². The van der Waals surface area contributed by atoms with E-state index in [1.807, 2.05) is 72.8 Å². The molecule has 7 heteroatoms. The Labute approximate surface area is 183 Å². The monoisotopic (exact) mass is 469 g/mol. The topological polar surface area (TPSA) is 54.9 Å². The smallest absolute Gasteiger partial charge is 0.191 e. The van der Waals surface area contributed by atoms with Crippen molar-refractivity contribution >= 4 is 45.2 Å². The number of halogens is 1. The number of ether oxygens (including phenoxy) is 2. The highest BCUT2D eigenvalue weighted by molar-refractivity contribution is 9.10. The minimum absolute atomic E-state index is 0.411. The van der Waals surface area contributed by atoms with Crippen molar-refractivity contribution in [3.63, 3.8) is 0 Å². The van der Waals surface area contributed by atoms with Crippen LogP contribution in [0.5, 0.6) is 11.5 Å². The summed E-state index contributed by atoms with van der Waals surface area (Å²) in [6.07, 6.45) is 1.67. The standard InChI is InChI=1S/C22H20BrN3O2S/c1-27-21-13-17(14-24-26-22(29)25-19-5-3-2-4-6-19)9-12-20(21)28-15-16-7-10-18(23)11-8-16/h2-14H,15H2,1H3,(H2,25,26,29)/b24-14-. The average Bonchev–Trinajstić information content (AvgIpc) is 2.74. The molecular weight excluding hydrogens is 450 g/mol. The minimum atomic E-state index is 0.411. The summed E-state index contributed by atoms with van der Waals surface area (Å²) in [5.41, 5.74) is 5.62. The first-order valence-electron chi connectivity index (χ1n) is 8.84. The number of anilines is 1. The first-order chi connectivity index (χ1) is 14.1. The molecule has 0 aromatic heterocycles. The van der Waals surface area contributed by atoms with Crippen LogP contribution in [0.4, 0.5) is 5.69 Å². The summed E-state index contributed by atoms with van der Waals surface area (Å²) < 4.78 is 12.4. The molecule has 0 spiro atoms. The lowest BCUT2D eigenvalue weighted by Gasteiger charge is -2.11. The molecule has 3 aromatic carbocycles. The quantitative estimate of drug-likeness (QED) is 0.277. The van der Waals surface area contributed by atoms with E-state index in [0.29, 0.717) is 23.2 Å². The third-order valence-corrected chi connectivity index (χ3v) is 4.63. The van der Waals surface area contributed by atoms with Crippen molar-refractivity contribution in [2.75, 3.05) is 12.4 Å². The molecule has 0 aliphatic rings. The van der Waals surface area contributed by atoms with Crippen LogP contribution in [-0.2, 0) is 6.61 Å². The van der Waals surface area contributed by atoms with Crippen LogP contribution in [0.25, 0.3) is 0 Å². The van der Waals surface area contributed by atoms with Crippen molar-refractivity contribution in [1.29, 1.82) is 0 Å². The van der Waals surface area contributed by atoms with E-state index < -0.39 is 0 Å². The maximum absolute atomic E-state index is 5.89. The molecule has 0 bridgehead atoms. The molecule has 0 saturated carbocycles. The Bertz CT molecular complexity index is 979. The molecule has 29 heavy (non-hydrogen) atoms.